The van der Waals surface area contributed by atoms with Crippen LogP contribution in [0, 0.1) is 12.3 Å². The van der Waals surface area contributed by atoms with E-state index in [1.165, 1.54) is 12.3 Å². The number of alkyl halides is 3. The molecule has 7 nitrogen and oxygen atoms in total. The lowest BCUT2D eigenvalue weighted by molar-refractivity contribution is -0.189. The minimum atomic E-state index is -4.47. The Hall–Kier alpha value is -2.65. The summed E-state index contributed by atoms with van der Waals surface area (Å²) in [4.78, 5) is 13.1. The molecule has 2 aromatic heterocycles. The van der Waals surface area contributed by atoms with E-state index in [1.54, 1.807) is 6.92 Å². The molecule has 10 heteroatoms. The summed E-state index contributed by atoms with van der Waals surface area (Å²) in [7, 11) is 0. The second-order valence-electron chi connectivity index (χ2n) is 8.64. The van der Waals surface area contributed by atoms with Crippen LogP contribution in [0.5, 0.6) is 5.75 Å². The molecule has 1 aliphatic rings. The van der Waals surface area contributed by atoms with Crippen LogP contribution < -0.4 is 10.5 Å². The molecular formula is C20H26F3N5O2. The van der Waals surface area contributed by atoms with Gasteiger partial charge in [0.25, 0.3) is 0 Å². The minimum Gasteiger partial charge on any atom is -0.481 e. The van der Waals surface area contributed by atoms with Crippen molar-refractivity contribution in [1.29, 1.82) is 0 Å². The number of hydrogen-bond acceptors (Lipinski definition) is 6. The van der Waals surface area contributed by atoms with Crippen molar-refractivity contribution in [3.63, 3.8) is 0 Å². The normalized spacial score (nSPS) is 17.7. The summed E-state index contributed by atoms with van der Waals surface area (Å²) < 4.78 is 49.4. The number of ether oxygens (including phenoxy) is 1. The molecule has 3 rings (SSSR count). The Kier molecular flexibility index (Phi) is 5.79. The van der Waals surface area contributed by atoms with Gasteiger partial charge in [-0.3, -0.25) is 9.98 Å². The number of rotatable bonds is 6. The van der Waals surface area contributed by atoms with E-state index in [2.05, 4.69) is 20.1 Å². The SMILES string of the molecule is Cc1nc(C(N=C(N)c2cc(O[C@@H](C)C(F)(F)F)c(C3CC3)cn2)C(C)(C)C)no1. The van der Waals surface area contributed by atoms with Crippen molar-refractivity contribution in [2.75, 3.05) is 0 Å². The molecule has 1 saturated carbocycles. The number of pyridine rings is 1. The molecule has 2 aromatic rings. The van der Waals surface area contributed by atoms with Crippen molar-refractivity contribution in [3.8, 4) is 5.75 Å². The standard InChI is InChI=1S/C20H26F3N5O2/c1-10(20(21,22)23)29-15-8-14(25-9-13(15)12-6-7-12)17(24)27-16(19(3,4)5)18-26-11(2)30-28-18/h8-10,12,16H,6-7H2,1-5H3,(H2,24,27)/t10-,16?/m0/s1. The van der Waals surface area contributed by atoms with Crippen LogP contribution in [0.3, 0.4) is 0 Å². The zero-order valence-electron chi connectivity index (χ0n) is 17.6. The van der Waals surface area contributed by atoms with Gasteiger partial charge in [0.15, 0.2) is 11.9 Å². The molecule has 1 unspecified atom stereocenters. The molecule has 1 fully saturated rings. The van der Waals surface area contributed by atoms with Gasteiger partial charge in [-0.15, -0.1) is 0 Å². The van der Waals surface area contributed by atoms with E-state index in [9.17, 15) is 13.2 Å². The zero-order valence-corrected chi connectivity index (χ0v) is 17.6. The van der Waals surface area contributed by atoms with Crippen molar-refractivity contribution >= 4 is 5.84 Å². The monoisotopic (exact) mass is 425 g/mol. The highest BCUT2D eigenvalue weighted by molar-refractivity contribution is 5.96. The third kappa shape index (κ3) is 5.09. The van der Waals surface area contributed by atoms with Crippen LogP contribution in [0.2, 0.25) is 0 Å². The van der Waals surface area contributed by atoms with Crippen LogP contribution in [0.25, 0.3) is 0 Å². The molecule has 0 radical (unpaired) electrons. The number of aromatic nitrogens is 3. The first-order valence-electron chi connectivity index (χ1n) is 9.73. The average Bonchev–Trinajstić information content (AvgIpc) is 3.38. The lowest BCUT2D eigenvalue weighted by Crippen LogP contribution is -2.31. The Labute approximate surface area is 172 Å². The van der Waals surface area contributed by atoms with Gasteiger partial charge in [-0.05, 0) is 31.1 Å². The lowest BCUT2D eigenvalue weighted by Gasteiger charge is -2.25. The summed E-state index contributed by atoms with van der Waals surface area (Å²) in [5.74, 6) is 1.12. The second-order valence-corrected chi connectivity index (χ2v) is 8.64. The van der Waals surface area contributed by atoms with Gasteiger partial charge in [0.2, 0.25) is 5.89 Å². The number of hydrogen-bond donors (Lipinski definition) is 1. The number of amidine groups is 1. The van der Waals surface area contributed by atoms with Crippen LogP contribution >= 0.6 is 0 Å². The smallest absolute Gasteiger partial charge is 0.425 e. The average molecular weight is 425 g/mol. The van der Waals surface area contributed by atoms with Crippen LogP contribution in [0.1, 0.15) is 75.5 Å². The third-order valence-corrected chi connectivity index (χ3v) is 4.82. The van der Waals surface area contributed by atoms with Crippen LogP contribution in [0.15, 0.2) is 21.8 Å². The van der Waals surface area contributed by atoms with E-state index in [0.29, 0.717) is 17.3 Å². The van der Waals surface area contributed by atoms with E-state index < -0.39 is 18.3 Å². The molecule has 0 amide bonds. The van der Waals surface area contributed by atoms with Gasteiger partial charge in [0.1, 0.15) is 23.3 Å². The first-order chi connectivity index (χ1) is 13.9. The molecule has 0 saturated heterocycles. The highest BCUT2D eigenvalue weighted by Gasteiger charge is 2.39. The Morgan fingerprint density at radius 3 is 2.47 bits per heavy atom. The summed E-state index contributed by atoms with van der Waals surface area (Å²) in [6.45, 7) is 8.49. The summed E-state index contributed by atoms with van der Waals surface area (Å²) in [6.07, 6.45) is -3.11. The highest BCUT2D eigenvalue weighted by atomic mass is 19.4. The number of halogens is 3. The maximum atomic E-state index is 13.0. The number of nitrogens with zero attached hydrogens (tertiary/aromatic N) is 4. The summed E-state index contributed by atoms with van der Waals surface area (Å²) >= 11 is 0. The fourth-order valence-corrected chi connectivity index (χ4v) is 2.92. The summed E-state index contributed by atoms with van der Waals surface area (Å²) in [6, 6.07) is 0.897. The fourth-order valence-electron chi connectivity index (χ4n) is 2.92. The molecule has 1 aliphatic carbocycles. The van der Waals surface area contributed by atoms with Gasteiger partial charge in [0, 0.05) is 24.8 Å². The van der Waals surface area contributed by atoms with E-state index in [4.69, 9.17) is 15.0 Å². The van der Waals surface area contributed by atoms with Crippen LogP contribution in [-0.2, 0) is 0 Å². The van der Waals surface area contributed by atoms with Gasteiger partial charge in [-0.1, -0.05) is 25.9 Å². The molecular weight excluding hydrogens is 399 g/mol. The van der Waals surface area contributed by atoms with Gasteiger partial charge in [0.05, 0.1) is 0 Å². The second kappa shape index (κ2) is 7.88. The third-order valence-electron chi connectivity index (χ3n) is 4.82. The molecule has 2 N–H and O–H groups in total. The zero-order chi connectivity index (χ0) is 22.3. The summed E-state index contributed by atoms with van der Waals surface area (Å²) in [5, 5.41) is 3.94. The number of nitrogens with two attached hydrogens (primary N) is 1. The van der Waals surface area contributed by atoms with Crippen molar-refractivity contribution in [1.82, 2.24) is 15.1 Å². The summed E-state index contributed by atoms with van der Waals surface area (Å²) in [5.41, 5.74) is 6.69. The van der Waals surface area contributed by atoms with Crippen molar-refractivity contribution in [2.45, 2.75) is 71.7 Å². The maximum absolute atomic E-state index is 13.0. The Morgan fingerprint density at radius 1 is 1.30 bits per heavy atom. The van der Waals surface area contributed by atoms with Crippen molar-refractivity contribution in [3.05, 3.63) is 35.2 Å². The van der Waals surface area contributed by atoms with Gasteiger partial charge in [-0.25, -0.2) is 0 Å². The quantitative estimate of drug-likeness (QED) is 0.541. The molecule has 30 heavy (non-hydrogen) atoms. The molecule has 0 aliphatic heterocycles. The molecule has 0 bridgehead atoms. The van der Waals surface area contributed by atoms with Crippen molar-refractivity contribution < 1.29 is 22.4 Å². The number of aliphatic imine (C=N–C) groups is 1. The van der Waals surface area contributed by atoms with Crippen LogP contribution in [0.4, 0.5) is 13.2 Å². The topological polar surface area (TPSA) is 99.4 Å². The van der Waals surface area contributed by atoms with E-state index in [0.717, 1.165) is 19.8 Å². The van der Waals surface area contributed by atoms with Gasteiger partial charge < -0.3 is 15.0 Å². The number of aryl methyl sites for hydroxylation is 1. The van der Waals surface area contributed by atoms with Crippen LogP contribution in [-0.4, -0.2) is 33.2 Å². The Balaban J connectivity index is 1.96. The fraction of sp³-hybridized carbons (Fsp3) is 0.600. The molecule has 0 spiro atoms. The van der Waals surface area contributed by atoms with E-state index >= 15 is 0 Å². The molecule has 0 aromatic carbocycles. The lowest BCUT2D eigenvalue weighted by atomic mass is 9.86. The Bertz CT molecular complexity index is 929. The largest absolute Gasteiger partial charge is 0.481 e. The predicted octanol–water partition coefficient (Wildman–Crippen LogP) is 4.47. The Morgan fingerprint density at radius 2 is 1.97 bits per heavy atom. The first-order valence-corrected chi connectivity index (χ1v) is 9.73. The van der Waals surface area contributed by atoms with Crippen molar-refractivity contribution in [2.24, 2.45) is 16.1 Å². The van der Waals surface area contributed by atoms with E-state index in [-0.39, 0.29) is 28.6 Å². The van der Waals surface area contributed by atoms with E-state index in [1.807, 2.05) is 20.8 Å². The first kappa shape index (κ1) is 22.0. The minimum absolute atomic E-state index is 0.0595. The molecule has 2 heterocycles. The predicted molar refractivity (Wildman–Crippen MR) is 104 cm³/mol. The van der Waals surface area contributed by atoms with Gasteiger partial charge >= 0.3 is 6.18 Å². The molecule has 164 valence electrons. The molecule has 2 atom stereocenters. The maximum Gasteiger partial charge on any atom is 0.425 e. The van der Waals surface area contributed by atoms with Gasteiger partial charge in [-0.2, -0.15) is 18.2 Å². The highest BCUT2D eigenvalue weighted by Crippen LogP contribution is 2.45.